The van der Waals surface area contributed by atoms with Crippen LogP contribution >= 0.6 is 0 Å². The van der Waals surface area contributed by atoms with Crippen molar-refractivity contribution in [3.63, 3.8) is 0 Å². The van der Waals surface area contributed by atoms with Crippen LogP contribution in [0.1, 0.15) is 85.1 Å². The molecular formula is C33H46N8O8S. The number of hydrogen-bond donors (Lipinski definition) is 3. The molecule has 3 aliphatic carbocycles. The minimum atomic E-state index is -3.86. The number of alkyl carbamates (subject to hydrolysis) is 1. The molecule has 2 heterocycles. The number of rotatable bonds is 12. The fourth-order valence-electron chi connectivity index (χ4n) is 6.61. The van der Waals surface area contributed by atoms with Gasteiger partial charge >= 0.3 is 6.09 Å². The Labute approximate surface area is 291 Å². The maximum Gasteiger partial charge on any atom is 0.408 e. The van der Waals surface area contributed by atoms with Crippen LogP contribution in [0.5, 0.6) is 5.75 Å². The molecule has 1 aromatic heterocycles. The molecule has 2 aromatic rings. The number of ether oxygens (including phenoxy) is 2. The van der Waals surface area contributed by atoms with E-state index in [1.165, 1.54) is 9.70 Å². The van der Waals surface area contributed by atoms with Crippen molar-refractivity contribution in [2.45, 2.75) is 114 Å². The third kappa shape index (κ3) is 7.28. The topological polar surface area (TPSA) is 204 Å². The van der Waals surface area contributed by atoms with Crippen molar-refractivity contribution in [1.82, 2.24) is 40.5 Å². The molecule has 0 radical (unpaired) electrons. The summed E-state index contributed by atoms with van der Waals surface area (Å²) < 4.78 is 38.3. The number of nitrogens with one attached hydrogen (secondary N) is 3. The van der Waals surface area contributed by atoms with Crippen LogP contribution in [-0.2, 0) is 29.1 Å². The second kappa shape index (κ2) is 13.5. The molecule has 6 rings (SSSR count). The molecule has 4 aliphatic rings. The molecule has 4 amide bonds. The van der Waals surface area contributed by atoms with Crippen molar-refractivity contribution >= 4 is 33.8 Å². The SMILES string of the molecule is CC[C@@H]1C[C@]1(NC(=O)[C@@H]1C[C@@H](n2nnc(-c3ccc(OC)cc3)n2)CN1C(=O)[C@@H](NC(=O)OC1CCC1)C(C)(C)C)C(=O)NS(=O)(=O)C1CC1. The van der Waals surface area contributed by atoms with Crippen molar-refractivity contribution in [3.05, 3.63) is 24.3 Å². The number of tetrazole rings is 1. The van der Waals surface area contributed by atoms with Gasteiger partial charge in [-0.2, -0.15) is 4.80 Å². The van der Waals surface area contributed by atoms with Gasteiger partial charge in [0, 0.05) is 18.5 Å². The molecule has 3 N–H and O–H groups in total. The molecule has 16 nitrogen and oxygen atoms in total. The van der Waals surface area contributed by atoms with Gasteiger partial charge in [-0.05, 0) is 79.3 Å². The summed E-state index contributed by atoms with van der Waals surface area (Å²) in [5, 5.41) is 18.0. The van der Waals surface area contributed by atoms with Crippen LogP contribution < -0.4 is 20.1 Å². The molecule has 4 fully saturated rings. The number of aromatic nitrogens is 4. The molecule has 5 atom stereocenters. The molecule has 1 aromatic carbocycles. The van der Waals surface area contributed by atoms with Crippen molar-refractivity contribution < 1.29 is 37.1 Å². The maximum absolute atomic E-state index is 14.4. The van der Waals surface area contributed by atoms with Crippen LogP contribution in [0.2, 0.25) is 0 Å². The number of sulfonamides is 1. The van der Waals surface area contributed by atoms with Gasteiger partial charge in [0.2, 0.25) is 27.7 Å². The van der Waals surface area contributed by atoms with Gasteiger partial charge in [-0.3, -0.25) is 19.1 Å². The molecule has 17 heteroatoms. The zero-order chi connectivity index (χ0) is 36.0. The number of carbonyl (C=O) groups is 4. The van der Waals surface area contributed by atoms with Gasteiger partial charge in [0.1, 0.15) is 29.5 Å². The first kappa shape index (κ1) is 35.5. The van der Waals surface area contributed by atoms with Crippen LogP contribution in [0.3, 0.4) is 0 Å². The van der Waals surface area contributed by atoms with Gasteiger partial charge < -0.3 is 25.0 Å². The highest BCUT2D eigenvalue weighted by atomic mass is 32.2. The van der Waals surface area contributed by atoms with Crippen molar-refractivity contribution in [2.24, 2.45) is 11.3 Å². The Morgan fingerprint density at radius 2 is 1.78 bits per heavy atom. The van der Waals surface area contributed by atoms with Crippen LogP contribution in [0.25, 0.3) is 11.4 Å². The lowest BCUT2D eigenvalue weighted by molar-refractivity contribution is -0.143. The third-order valence-corrected chi connectivity index (χ3v) is 12.0. The lowest BCUT2D eigenvalue weighted by Gasteiger charge is -2.36. The summed E-state index contributed by atoms with van der Waals surface area (Å²) in [6.45, 7) is 7.28. The highest BCUT2D eigenvalue weighted by Gasteiger charge is 2.62. The van der Waals surface area contributed by atoms with Crippen molar-refractivity contribution in [3.8, 4) is 17.1 Å². The summed E-state index contributed by atoms with van der Waals surface area (Å²) >= 11 is 0. The first-order valence-electron chi connectivity index (χ1n) is 17.2. The van der Waals surface area contributed by atoms with Gasteiger partial charge in [-0.15, -0.1) is 10.2 Å². The molecule has 272 valence electrons. The molecule has 3 saturated carbocycles. The number of carbonyl (C=O) groups excluding carboxylic acids is 4. The Kier molecular flexibility index (Phi) is 9.56. The van der Waals surface area contributed by atoms with E-state index in [1.54, 1.807) is 52.1 Å². The van der Waals surface area contributed by atoms with Crippen LogP contribution in [0, 0.1) is 11.3 Å². The summed E-state index contributed by atoms with van der Waals surface area (Å²) in [6.07, 6.45) is 3.41. The van der Waals surface area contributed by atoms with Crippen molar-refractivity contribution in [1.29, 1.82) is 0 Å². The first-order valence-corrected chi connectivity index (χ1v) is 18.8. The number of methoxy groups -OCH3 is 1. The van der Waals surface area contributed by atoms with E-state index in [0.29, 0.717) is 36.4 Å². The van der Waals surface area contributed by atoms with Crippen LogP contribution in [-0.4, -0.2) is 100.0 Å². The fourth-order valence-corrected chi connectivity index (χ4v) is 7.97. The largest absolute Gasteiger partial charge is 0.497 e. The fraction of sp³-hybridized carbons (Fsp3) is 0.667. The summed E-state index contributed by atoms with van der Waals surface area (Å²) in [4.78, 5) is 57.7. The van der Waals surface area contributed by atoms with E-state index in [-0.39, 0.29) is 31.4 Å². The second-order valence-electron chi connectivity index (χ2n) is 14.9. The first-order chi connectivity index (χ1) is 23.6. The van der Waals surface area contributed by atoms with Gasteiger partial charge in [0.25, 0.3) is 5.91 Å². The molecule has 0 bridgehead atoms. The van der Waals surface area contributed by atoms with E-state index in [2.05, 4.69) is 30.8 Å². The minimum Gasteiger partial charge on any atom is -0.497 e. The quantitative estimate of drug-likeness (QED) is 0.290. The molecule has 50 heavy (non-hydrogen) atoms. The van der Waals surface area contributed by atoms with E-state index in [1.807, 2.05) is 6.92 Å². The summed E-state index contributed by atoms with van der Waals surface area (Å²) in [7, 11) is -2.29. The third-order valence-electron chi connectivity index (χ3n) is 10.2. The number of amides is 4. The minimum absolute atomic E-state index is 0.00767. The van der Waals surface area contributed by atoms with E-state index in [9.17, 15) is 27.6 Å². The zero-order valence-electron chi connectivity index (χ0n) is 29.0. The molecule has 0 unspecified atom stereocenters. The van der Waals surface area contributed by atoms with Gasteiger partial charge in [0.15, 0.2) is 0 Å². The lowest BCUT2D eigenvalue weighted by Crippen LogP contribution is -2.60. The molecule has 0 spiro atoms. The standard InChI is InChI=1S/C33H46N8O8S/c1-6-20-17-33(20,30(44)38-50(46,47)24-14-15-24)35-28(42)25-16-21(41-37-27(36-39-41)19-10-12-22(48-5)13-11-19)18-40(25)29(43)26(32(2,3)4)34-31(45)49-23-8-7-9-23/h10-13,20-21,23-26H,6-9,14-18H2,1-5H3,(H,34,45)(H,35,42)(H,38,44)/t20-,21-,25+,26-,33-/m1/s1. The lowest BCUT2D eigenvalue weighted by atomic mass is 9.85. The molecule has 1 aliphatic heterocycles. The number of likely N-dealkylation sites (tertiary alicyclic amines) is 1. The molecular weight excluding hydrogens is 668 g/mol. The van der Waals surface area contributed by atoms with Gasteiger partial charge in [0.05, 0.1) is 18.4 Å². The van der Waals surface area contributed by atoms with Gasteiger partial charge in [-0.1, -0.05) is 34.1 Å². The second-order valence-corrected chi connectivity index (χ2v) is 16.9. The van der Waals surface area contributed by atoms with E-state index in [4.69, 9.17) is 9.47 Å². The summed E-state index contributed by atoms with van der Waals surface area (Å²) in [5.41, 5.74) is -1.51. The Balaban J connectivity index is 1.26. The van der Waals surface area contributed by atoms with E-state index >= 15 is 0 Å². The summed E-state index contributed by atoms with van der Waals surface area (Å²) in [6, 6.07) is 4.37. The highest BCUT2D eigenvalue weighted by molar-refractivity contribution is 7.91. The maximum atomic E-state index is 14.4. The van der Waals surface area contributed by atoms with Crippen LogP contribution in [0.4, 0.5) is 4.79 Å². The number of hydrogen-bond acceptors (Lipinski definition) is 11. The van der Waals surface area contributed by atoms with Crippen molar-refractivity contribution in [2.75, 3.05) is 13.7 Å². The Morgan fingerprint density at radius 3 is 2.34 bits per heavy atom. The zero-order valence-corrected chi connectivity index (χ0v) is 29.9. The van der Waals surface area contributed by atoms with Gasteiger partial charge in [-0.25, -0.2) is 13.2 Å². The highest BCUT2D eigenvalue weighted by Crippen LogP contribution is 2.47. The average Bonchev–Trinajstić information content (AvgIpc) is 3.93. The predicted molar refractivity (Wildman–Crippen MR) is 179 cm³/mol. The smallest absolute Gasteiger partial charge is 0.408 e. The Hall–Kier alpha value is -4.28. The number of nitrogens with zero attached hydrogens (tertiary/aromatic N) is 5. The normalized spacial score (nSPS) is 25.6. The average molecular weight is 715 g/mol. The number of benzene rings is 1. The summed E-state index contributed by atoms with van der Waals surface area (Å²) in [5.74, 6) is -1.18. The van der Waals surface area contributed by atoms with E-state index in [0.717, 1.165) is 19.3 Å². The predicted octanol–water partition coefficient (Wildman–Crippen LogP) is 2.08. The van der Waals surface area contributed by atoms with E-state index < -0.39 is 68.2 Å². The monoisotopic (exact) mass is 714 g/mol. The Morgan fingerprint density at radius 1 is 1.08 bits per heavy atom. The van der Waals surface area contributed by atoms with Crippen LogP contribution in [0.15, 0.2) is 24.3 Å². The molecule has 1 saturated heterocycles. The Bertz CT molecular complexity index is 1730.